The van der Waals surface area contributed by atoms with E-state index in [0.717, 1.165) is 37.4 Å². The smallest absolute Gasteiger partial charge is 0.261 e. The monoisotopic (exact) mass is 372 g/mol. The van der Waals surface area contributed by atoms with Gasteiger partial charge in [0.05, 0.1) is 4.88 Å². The molecule has 0 aromatic carbocycles. The summed E-state index contributed by atoms with van der Waals surface area (Å²) in [5.74, 6) is 0.0618. The number of nitrogens with zero attached hydrogens (tertiary/aromatic N) is 2. The van der Waals surface area contributed by atoms with Gasteiger partial charge in [-0.3, -0.25) is 9.69 Å². The van der Waals surface area contributed by atoms with Crippen molar-refractivity contribution in [2.45, 2.75) is 32.4 Å². The summed E-state index contributed by atoms with van der Waals surface area (Å²) in [6.45, 7) is 4.91. The summed E-state index contributed by atoms with van der Waals surface area (Å²) in [6.07, 6.45) is 3.84. The highest BCUT2D eigenvalue weighted by Crippen LogP contribution is 2.20. The largest absolute Gasteiger partial charge is 0.375 e. The van der Waals surface area contributed by atoms with E-state index in [4.69, 9.17) is 5.73 Å². The van der Waals surface area contributed by atoms with Gasteiger partial charge in [-0.25, -0.2) is 4.98 Å². The van der Waals surface area contributed by atoms with E-state index in [0.29, 0.717) is 5.13 Å². The molecule has 23 heavy (non-hydrogen) atoms. The summed E-state index contributed by atoms with van der Waals surface area (Å²) in [7, 11) is 0. The van der Waals surface area contributed by atoms with E-state index >= 15 is 0 Å². The van der Waals surface area contributed by atoms with Gasteiger partial charge in [-0.15, -0.1) is 35.1 Å². The van der Waals surface area contributed by atoms with Crippen molar-refractivity contribution in [3.05, 3.63) is 33.0 Å². The van der Waals surface area contributed by atoms with Crippen LogP contribution in [-0.2, 0) is 6.54 Å². The Kier molecular flexibility index (Phi) is 6.41. The van der Waals surface area contributed by atoms with E-state index in [1.165, 1.54) is 9.75 Å². The van der Waals surface area contributed by atoms with Crippen LogP contribution in [-0.4, -0.2) is 34.9 Å². The number of nitrogens with one attached hydrogen (secondary N) is 1. The Labute approximate surface area is 150 Å². The Balaban J connectivity index is 0.00000192. The molecule has 3 N–H and O–H groups in total. The minimum absolute atomic E-state index is 0. The predicted octanol–water partition coefficient (Wildman–Crippen LogP) is 2.91. The van der Waals surface area contributed by atoms with Gasteiger partial charge < -0.3 is 11.1 Å². The second-order valence-corrected chi connectivity index (χ2v) is 8.03. The van der Waals surface area contributed by atoms with E-state index in [-0.39, 0.29) is 24.4 Å². The number of hydrogen-bond acceptors (Lipinski definition) is 6. The van der Waals surface area contributed by atoms with Gasteiger partial charge in [0.2, 0.25) is 0 Å². The number of carbonyl (C=O) groups is 1. The number of nitrogens with two attached hydrogens (primary N) is 1. The van der Waals surface area contributed by atoms with Gasteiger partial charge in [-0.1, -0.05) is 0 Å². The Morgan fingerprint density at radius 1 is 1.39 bits per heavy atom. The van der Waals surface area contributed by atoms with Crippen molar-refractivity contribution in [1.29, 1.82) is 0 Å². The number of rotatable bonds is 4. The van der Waals surface area contributed by atoms with Crippen LogP contribution >= 0.6 is 35.1 Å². The number of aryl methyl sites for hydroxylation is 1. The van der Waals surface area contributed by atoms with Crippen LogP contribution in [0.25, 0.3) is 0 Å². The lowest BCUT2D eigenvalue weighted by Gasteiger charge is -2.31. The van der Waals surface area contributed by atoms with Crippen molar-refractivity contribution < 1.29 is 4.79 Å². The fourth-order valence-electron chi connectivity index (χ4n) is 2.66. The zero-order valence-electron chi connectivity index (χ0n) is 12.9. The number of carbonyl (C=O) groups excluding carboxylic acids is 1. The number of nitrogen functional groups attached to an aromatic ring is 1. The fourth-order valence-corrected chi connectivity index (χ4v) is 4.16. The molecule has 3 heterocycles. The van der Waals surface area contributed by atoms with Crippen LogP contribution in [0.2, 0.25) is 0 Å². The Morgan fingerprint density at radius 2 is 2.13 bits per heavy atom. The molecule has 3 rings (SSSR count). The van der Waals surface area contributed by atoms with Crippen LogP contribution in [0, 0.1) is 6.92 Å². The SMILES string of the molecule is Cc1ccc(C(=O)NC2CCN(Cc3cnc(N)s3)CC2)s1.Cl. The highest BCUT2D eigenvalue weighted by Gasteiger charge is 2.22. The minimum Gasteiger partial charge on any atom is -0.375 e. The van der Waals surface area contributed by atoms with Crippen molar-refractivity contribution in [3.63, 3.8) is 0 Å². The molecule has 1 amide bonds. The molecule has 0 bridgehead atoms. The topological polar surface area (TPSA) is 71.2 Å². The molecular formula is C15H21ClN4OS2. The van der Waals surface area contributed by atoms with Crippen LogP contribution in [0.5, 0.6) is 0 Å². The number of thiazole rings is 1. The number of hydrogen-bond donors (Lipinski definition) is 2. The molecular weight excluding hydrogens is 352 g/mol. The lowest BCUT2D eigenvalue weighted by Crippen LogP contribution is -2.44. The average molecular weight is 373 g/mol. The van der Waals surface area contributed by atoms with Gasteiger partial charge >= 0.3 is 0 Å². The van der Waals surface area contributed by atoms with Gasteiger partial charge in [0, 0.05) is 41.6 Å². The van der Waals surface area contributed by atoms with Crippen LogP contribution in [0.1, 0.15) is 32.3 Å². The van der Waals surface area contributed by atoms with Gasteiger partial charge in [0.15, 0.2) is 5.13 Å². The summed E-state index contributed by atoms with van der Waals surface area (Å²) >= 11 is 3.10. The number of halogens is 1. The van der Waals surface area contributed by atoms with Crippen molar-refractivity contribution >= 4 is 46.1 Å². The Morgan fingerprint density at radius 3 is 2.70 bits per heavy atom. The molecule has 2 aromatic rings. The maximum atomic E-state index is 12.2. The molecule has 0 unspecified atom stereocenters. The van der Waals surface area contributed by atoms with E-state index in [1.807, 2.05) is 25.3 Å². The number of piperidine rings is 1. The quantitative estimate of drug-likeness (QED) is 0.865. The van der Waals surface area contributed by atoms with Gasteiger partial charge in [-0.2, -0.15) is 0 Å². The molecule has 1 aliphatic rings. The molecule has 2 aromatic heterocycles. The molecule has 5 nitrogen and oxygen atoms in total. The number of aromatic nitrogens is 1. The highest BCUT2D eigenvalue weighted by atomic mass is 35.5. The normalized spacial score (nSPS) is 16.0. The Hall–Kier alpha value is -1.15. The predicted molar refractivity (Wildman–Crippen MR) is 98.6 cm³/mol. The summed E-state index contributed by atoms with van der Waals surface area (Å²) in [5.41, 5.74) is 5.66. The molecule has 0 atom stereocenters. The first-order chi connectivity index (χ1) is 10.6. The molecule has 1 fully saturated rings. The minimum atomic E-state index is 0. The van der Waals surface area contributed by atoms with Crippen molar-refractivity contribution in [2.24, 2.45) is 0 Å². The molecule has 0 spiro atoms. The van der Waals surface area contributed by atoms with E-state index < -0.39 is 0 Å². The van der Waals surface area contributed by atoms with Crippen LogP contribution in [0.15, 0.2) is 18.3 Å². The number of amides is 1. The lowest BCUT2D eigenvalue weighted by molar-refractivity contribution is 0.0913. The first-order valence-electron chi connectivity index (χ1n) is 7.40. The first kappa shape index (κ1) is 18.2. The lowest BCUT2D eigenvalue weighted by atomic mass is 10.0. The van der Waals surface area contributed by atoms with Gasteiger partial charge in [-0.05, 0) is 31.9 Å². The second-order valence-electron chi connectivity index (χ2n) is 5.60. The molecule has 126 valence electrons. The van der Waals surface area contributed by atoms with Gasteiger partial charge in [0.25, 0.3) is 5.91 Å². The first-order valence-corrected chi connectivity index (χ1v) is 9.03. The third-order valence-electron chi connectivity index (χ3n) is 3.84. The number of anilines is 1. The van der Waals surface area contributed by atoms with Crippen molar-refractivity contribution in [1.82, 2.24) is 15.2 Å². The van der Waals surface area contributed by atoms with Crippen molar-refractivity contribution in [2.75, 3.05) is 18.8 Å². The molecule has 0 saturated carbocycles. The molecule has 1 saturated heterocycles. The maximum absolute atomic E-state index is 12.2. The number of likely N-dealkylation sites (tertiary alicyclic amines) is 1. The van der Waals surface area contributed by atoms with Crippen LogP contribution in [0.4, 0.5) is 5.13 Å². The fraction of sp³-hybridized carbons (Fsp3) is 0.467. The summed E-state index contributed by atoms with van der Waals surface area (Å²) in [6, 6.07) is 4.17. The molecule has 0 aliphatic carbocycles. The summed E-state index contributed by atoms with van der Waals surface area (Å²) in [4.78, 5) is 21.8. The number of thiophene rings is 1. The highest BCUT2D eigenvalue weighted by molar-refractivity contribution is 7.15. The second kappa shape index (κ2) is 8.10. The zero-order valence-corrected chi connectivity index (χ0v) is 15.4. The molecule has 0 radical (unpaired) electrons. The summed E-state index contributed by atoms with van der Waals surface area (Å²) < 4.78 is 0. The summed E-state index contributed by atoms with van der Waals surface area (Å²) in [5, 5.41) is 3.78. The standard InChI is InChI=1S/C15H20N4OS2.ClH/c1-10-2-3-13(21-10)14(20)18-11-4-6-19(7-5-11)9-12-8-17-15(16)22-12;/h2-3,8,11H,4-7,9H2,1H3,(H2,16,17)(H,18,20);1H. The third-order valence-corrected chi connectivity index (χ3v) is 5.65. The van der Waals surface area contributed by atoms with Crippen molar-refractivity contribution in [3.8, 4) is 0 Å². The van der Waals surface area contributed by atoms with Gasteiger partial charge in [0.1, 0.15) is 0 Å². The molecule has 8 heteroatoms. The third kappa shape index (κ3) is 4.91. The molecule has 1 aliphatic heterocycles. The zero-order chi connectivity index (χ0) is 15.5. The van der Waals surface area contributed by atoms with E-state index in [9.17, 15) is 4.79 Å². The maximum Gasteiger partial charge on any atom is 0.261 e. The van der Waals surface area contributed by atoms with Crippen LogP contribution in [0.3, 0.4) is 0 Å². The van der Waals surface area contributed by atoms with E-state index in [2.05, 4.69) is 15.2 Å². The van der Waals surface area contributed by atoms with E-state index in [1.54, 1.807) is 22.7 Å². The Bertz CT molecular complexity index is 649. The average Bonchev–Trinajstić information content (AvgIpc) is 3.10. The van der Waals surface area contributed by atoms with Crippen LogP contribution < -0.4 is 11.1 Å².